The Morgan fingerprint density at radius 3 is 2.09 bits per heavy atom. The maximum Gasteiger partial charge on any atom is 0.305 e. The van der Waals surface area contributed by atoms with Gasteiger partial charge in [-0.2, -0.15) is 0 Å². The molecule has 0 fully saturated rings. The number of rotatable bonds is 11. The van der Waals surface area contributed by atoms with E-state index < -0.39 is 6.40 Å². The second kappa shape index (κ2) is 17.6. The first-order valence-corrected chi connectivity index (χ1v) is 8.75. The Kier molecular flexibility index (Phi) is 14.9. The largest absolute Gasteiger partial charge is 0.466 e. The zero-order chi connectivity index (χ0) is 17.2. The van der Waals surface area contributed by atoms with Crippen molar-refractivity contribution in [3.63, 3.8) is 0 Å². The summed E-state index contributed by atoms with van der Waals surface area (Å²) in [5.74, 6) is 11.8. The van der Waals surface area contributed by atoms with Crippen molar-refractivity contribution in [3.05, 3.63) is 0 Å². The number of unbranched alkanes of at least 4 members (excludes halogenated alkanes) is 8. The van der Waals surface area contributed by atoms with Gasteiger partial charge in [0.2, 0.25) is 0 Å². The maximum absolute atomic E-state index is 11.1. The Hall–Kier alpha value is -1.41. The molecule has 0 heterocycles. The van der Waals surface area contributed by atoms with Crippen LogP contribution in [0.1, 0.15) is 92.2 Å². The van der Waals surface area contributed by atoms with Crippen molar-refractivity contribution in [2.45, 2.75) is 90.9 Å². The van der Waals surface area contributed by atoms with Crippen LogP contribution in [0.4, 0.5) is 0 Å². The summed E-state index contributed by atoms with van der Waals surface area (Å²) in [4.78, 5) is 11.1. The highest BCUT2D eigenvalue weighted by atomic mass is 16.5. The molecule has 0 N–H and O–H groups in total. The van der Waals surface area contributed by atoms with Gasteiger partial charge >= 0.3 is 5.97 Å². The third-order valence-corrected chi connectivity index (χ3v) is 3.24. The van der Waals surface area contributed by atoms with E-state index in [1.165, 1.54) is 12.8 Å². The van der Waals surface area contributed by atoms with Crippen LogP contribution in [0.25, 0.3) is 0 Å². The van der Waals surface area contributed by atoms with Crippen molar-refractivity contribution in [2.24, 2.45) is 0 Å². The molecular weight excluding hydrogens is 272 g/mol. The standard InChI is InChI=1S/C20H32O2/c1-3-5-6-7-8-9-10-11-12-13-14-15-16-17-18-19-20(21)22-4-2/h3-7,10,13-19H2,1-2H3/i10D. The van der Waals surface area contributed by atoms with E-state index in [0.717, 1.165) is 51.4 Å². The SMILES string of the molecule is [2H]C(C#CCCCCC)C#CCCCCCCCC(=O)OCC. The molecule has 0 aromatic heterocycles. The lowest BCUT2D eigenvalue weighted by Crippen LogP contribution is -2.03. The first-order chi connectivity index (χ1) is 11.2. The summed E-state index contributed by atoms with van der Waals surface area (Å²) in [5, 5.41) is 0. The molecule has 0 saturated carbocycles. The van der Waals surface area contributed by atoms with Gasteiger partial charge in [0, 0.05) is 19.3 Å². The van der Waals surface area contributed by atoms with Crippen LogP contribution in [0.2, 0.25) is 0 Å². The van der Waals surface area contributed by atoms with Crippen LogP contribution in [0.5, 0.6) is 0 Å². The van der Waals surface area contributed by atoms with E-state index >= 15 is 0 Å². The smallest absolute Gasteiger partial charge is 0.305 e. The Labute approximate surface area is 138 Å². The van der Waals surface area contributed by atoms with Crippen LogP contribution < -0.4 is 0 Å². The van der Waals surface area contributed by atoms with E-state index in [0.29, 0.717) is 13.0 Å². The molecule has 22 heavy (non-hydrogen) atoms. The van der Waals surface area contributed by atoms with Crippen LogP contribution >= 0.6 is 0 Å². The van der Waals surface area contributed by atoms with Crippen LogP contribution in [-0.2, 0) is 9.53 Å². The molecule has 0 aliphatic rings. The van der Waals surface area contributed by atoms with Crippen molar-refractivity contribution in [1.82, 2.24) is 0 Å². The number of hydrogen-bond donors (Lipinski definition) is 0. The lowest BCUT2D eigenvalue weighted by atomic mass is 10.1. The number of carbonyl (C=O) groups is 1. The zero-order valence-corrected chi connectivity index (χ0v) is 14.4. The molecule has 0 bridgehead atoms. The quantitative estimate of drug-likeness (QED) is 0.296. The predicted molar refractivity (Wildman–Crippen MR) is 93.3 cm³/mol. The van der Waals surface area contributed by atoms with Crippen molar-refractivity contribution >= 4 is 5.97 Å². The molecule has 0 radical (unpaired) electrons. The van der Waals surface area contributed by atoms with E-state index in [4.69, 9.17) is 6.11 Å². The first kappa shape index (κ1) is 18.6. The van der Waals surface area contributed by atoms with Crippen LogP contribution in [0.3, 0.4) is 0 Å². The fraction of sp³-hybridized carbons (Fsp3) is 0.750. The lowest BCUT2D eigenvalue weighted by Gasteiger charge is -2.01. The van der Waals surface area contributed by atoms with Gasteiger partial charge in [0.15, 0.2) is 0 Å². The normalized spacial score (nSPS) is 11.5. The number of hydrogen-bond acceptors (Lipinski definition) is 2. The lowest BCUT2D eigenvalue weighted by molar-refractivity contribution is -0.143. The summed E-state index contributed by atoms with van der Waals surface area (Å²) in [6, 6.07) is 0. The molecule has 0 aliphatic heterocycles. The van der Waals surface area contributed by atoms with E-state index in [1.54, 1.807) is 0 Å². The molecule has 0 aromatic rings. The topological polar surface area (TPSA) is 26.3 Å². The monoisotopic (exact) mass is 305 g/mol. The summed E-state index contributed by atoms with van der Waals surface area (Å²) in [5.41, 5.74) is 0. The Bertz CT molecular complexity index is 409. The predicted octanol–water partition coefficient (Wildman–Crippen LogP) is 5.26. The molecule has 0 saturated heterocycles. The maximum atomic E-state index is 11.1. The molecule has 0 aromatic carbocycles. The van der Waals surface area contributed by atoms with Crippen LogP contribution in [0.15, 0.2) is 0 Å². The Morgan fingerprint density at radius 2 is 1.45 bits per heavy atom. The van der Waals surface area contributed by atoms with Gasteiger partial charge in [-0.15, -0.1) is 11.8 Å². The van der Waals surface area contributed by atoms with E-state index in [2.05, 4.69) is 30.6 Å². The zero-order valence-electron chi connectivity index (χ0n) is 15.4. The highest BCUT2D eigenvalue weighted by molar-refractivity contribution is 5.69. The summed E-state index contributed by atoms with van der Waals surface area (Å²) in [7, 11) is 0. The molecule has 0 amide bonds. The molecule has 2 nitrogen and oxygen atoms in total. The van der Waals surface area contributed by atoms with Crippen LogP contribution in [-0.4, -0.2) is 12.6 Å². The van der Waals surface area contributed by atoms with Gasteiger partial charge in [-0.25, -0.2) is 0 Å². The minimum absolute atomic E-state index is 0.0874. The van der Waals surface area contributed by atoms with Gasteiger partial charge in [-0.3, -0.25) is 4.79 Å². The highest BCUT2D eigenvalue weighted by Crippen LogP contribution is 2.07. The summed E-state index contributed by atoms with van der Waals surface area (Å²) in [6.07, 6.45) is 10.5. The summed E-state index contributed by atoms with van der Waals surface area (Å²) >= 11 is 0. The molecule has 1 atom stereocenters. The number of esters is 1. The first-order valence-electron chi connectivity index (χ1n) is 9.33. The van der Waals surface area contributed by atoms with Gasteiger partial charge in [-0.05, 0) is 26.2 Å². The van der Waals surface area contributed by atoms with Gasteiger partial charge in [-0.1, -0.05) is 50.9 Å². The molecule has 124 valence electrons. The van der Waals surface area contributed by atoms with Gasteiger partial charge in [0.1, 0.15) is 0 Å². The minimum atomic E-state index is -0.554. The van der Waals surface area contributed by atoms with Crippen molar-refractivity contribution in [2.75, 3.05) is 6.61 Å². The fourth-order valence-corrected chi connectivity index (χ4v) is 1.99. The molecule has 0 rings (SSSR count). The number of carbonyl (C=O) groups excluding carboxylic acids is 1. The van der Waals surface area contributed by atoms with E-state index in [9.17, 15) is 4.79 Å². The van der Waals surface area contributed by atoms with Crippen molar-refractivity contribution in [3.8, 4) is 23.7 Å². The molecule has 0 aliphatic carbocycles. The van der Waals surface area contributed by atoms with Gasteiger partial charge in [0.25, 0.3) is 0 Å². The molecule has 1 unspecified atom stereocenters. The fourth-order valence-electron chi connectivity index (χ4n) is 1.99. The summed E-state index contributed by atoms with van der Waals surface area (Å²) < 4.78 is 12.6. The Balaban J connectivity index is 3.49. The average Bonchev–Trinajstić information content (AvgIpc) is 2.53. The third-order valence-electron chi connectivity index (χ3n) is 3.24. The highest BCUT2D eigenvalue weighted by Gasteiger charge is 2.00. The Morgan fingerprint density at radius 1 is 0.864 bits per heavy atom. The van der Waals surface area contributed by atoms with E-state index in [1.807, 2.05) is 6.92 Å². The minimum Gasteiger partial charge on any atom is -0.466 e. The van der Waals surface area contributed by atoms with Crippen molar-refractivity contribution < 1.29 is 10.9 Å². The third kappa shape index (κ3) is 16.6. The molecular formula is C20H32O2. The number of ether oxygens (including phenoxy) is 1. The average molecular weight is 305 g/mol. The van der Waals surface area contributed by atoms with Crippen LogP contribution in [0, 0.1) is 23.7 Å². The summed E-state index contributed by atoms with van der Waals surface area (Å²) in [6.45, 7) is 4.47. The molecule has 2 heteroatoms. The van der Waals surface area contributed by atoms with Gasteiger partial charge in [0.05, 0.1) is 14.4 Å². The van der Waals surface area contributed by atoms with Crippen molar-refractivity contribution in [1.29, 1.82) is 0 Å². The van der Waals surface area contributed by atoms with Gasteiger partial charge < -0.3 is 4.74 Å². The van der Waals surface area contributed by atoms with E-state index in [-0.39, 0.29) is 5.97 Å². The molecule has 0 spiro atoms. The second-order valence-corrected chi connectivity index (χ2v) is 5.32. The second-order valence-electron chi connectivity index (χ2n) is 5.32.